The first-order valence-corrected chi connectivity index (χ1v) is 11.6. The first kappa shape index (κ1) is 25.4. The fraction of sp³-hybridized carbons (Fsp3) is 0.214. The van der Waals surface area contributed by atoms with Crippen LogP contribution in [0.5, 0.6) is 5.75 Å². The van der Waals surface area contributed by atoms with Crippen molar-refractivity contribution in [3.63, 3.8) is 0 Å². The Bertz CT molecular complexity index is 1170. The maximum atomic E-state index is 12.4. The molecule has 0 aromatic heterocycles. The molecule has 182 valence electrons. The molecule has 0 bridgehead atoms. The third-order valence-corrected chi connectivity index (χ3v) is 5.52. The molecule has 0 aliphatic carbocycles. The van der Waals surface area contributed by atoms with Gasteiger partial charge < -0.3 is 25.8 Å². The van der Waals surface area contributed by atoms with E-state index in [1.807, 2.05) is 18.2 Å². The molecule has 7 nitrogen and oxygen atoms in total. The van der Waals surface area contributed by atoms with E-state index >= 15 is 0 Å². The summed E-state index contributed by atoms with van der Waals surface area (Å²) in [6.07, 6.45) is 3.49. The summed E-state index contributed by atoms with van der Waals surface area (Å²) in [7, 11) is 0. The number of ether oxygens (including phenoxy) is 2. The van der Waals surface area contributed by atoms with Gasteiger partial charge in [-0.15, -0.1) is 0 Å². The van der Waals surface area contributed by atoms with E-state index in [1.54, 1.807) is 54.6 Å². The number of nitrogens with two attached hydrogens (primary N) is 2. The van der Waals surface area contributed by atoms with Crippen LogP contribution in [0.1, 0.15) is 35.3 Å². The number of nitrogens with zero attached hydrogens (tertiary/aromatic N) is 1. The van der Waals surface area contributed by atoms with Gasteiger partial charge >= 0.3 is 11.9 Å². The lowest BCUT2D eigenvalue weighted by molar-refractivity contribution is -0.137. The second-order valence-corrected chi connectivity index (χ2v) is 7.89. The summed E-state index contributed by atoms with van der Waals surface area (Å²) in [4.78, 5) is 26.6. The van der Waals surface area contributed by atoms with Gasteiger partial charge in [-0.1, -0.05) is 18.2 Å². The Morgan fingerprint density at radius 2 is 1.60 bits per heavy atom. The van der Waals surface area contributed by atoms with Crippen molar-refractivity contribution in [2.75, 3.05) is 36.1 Å². The number of nitrogen functional groups attached to an aromatic ring is 2. The molecule has 3 aromatic rings. The summed E-state index contributed by atoms with van der Waals surface area (Å²) in [5, 5.41) is 0. The van der Waals surface area contributed by atoms with Crippen molar-refractivity contribution in [2.24, 2.45) is 0 Å². The molecule has 3 rings (SSSR count). The standard InChI is InChI=1S/C28H31N3O4/c1-3-31(4-2)24-12-9-22(10-13-24)28(33)35-25-14-5-20(6-15-25)7-16-27(32)34-18-17-21-8-11-23(29)19-26(21)30/h5-16,19H,3-4,17-18,29-30H2,1-2H3. The van der Waals surface area contributed by atoms with Crippen LogP contribution in [0.2, 0.25) is 0 Å². The molecule has 0 atom stereocenters. The summed E-state index contributed by atoms with van der Waals surface area (Å²) in [5.74, 6) is -0.462. The number of carbonyl (C=O) groups is 2. The molecule has 35 heavy (non-hydrogen) atoms. The molecular formula is C28H31N3O4. The summed E-state index contributed by atoms with van der Waals surface area (Å²) >= 11 is 0. The first-order chi connectivity index (χ1) is 16.9. The third kappa shape index (κ3) is 7.37. The van der Waals surface area contributed by atoms with E-state index in [0.29, 0.717) is 29.1 Å². The Hall–Kier alpha value is -4.26. The highest BCUT2D eigenvalue weighted by molar-refractivity contribution is 5.91. The highest BCUT2D eigenvalue weighted by Gasteiger charge is 2.10. The minimum Gasteiger partial charge on any atom is -0.462 e. The van der Waals surface area contributed by atoms with E-state index < -0.39 is 11.9 Å². The zero-order chi connectivity index (χ0) is 25.2. The molecular weight excluding hydrogens is 442 g/mol. The number of esters is 2. The van der Waals surface area contributed by atoms with Crippen LogP contribution in [0, 0.1) is 0 Å². The summed E-state index contributed by atoms with van der Waals surface area (Å²) in [6.45, 7) is 6.19. The number of rotatable bonds is 10. The van der Waals surface area contributed by atoms with E-state index in [-0.39, 0.29) is 6.61 Å². The molecule has 0 aliphatic heterocycles. The molecule has 3 aromatic carbocycles. The predicted molar refractivity (Wildman–Crippen MR) is 140 cm³/mol. The zero-order valence-electron chi connectivity index (χ0n) is 20.1. The fourth-order valence-corrected chi connectivity index (χ4v) is 3.53. The van der Waals surface area contributed by atoms with Crippen molar-refractivity contribution in [1.29, 1.82) is 0 Å². The Kier molecular flexibility index (Phi) is 8.89. The van der Waals surface area contributed by atoms with Crippen LogP contribution in [0.3, 0.4) is 0 Å². The molecule has 7 heteroatoms. The van der Waals surface area contributed by atoms with Crippen LogP contribution in [0.4, 0.5) is 17.1 Å². The number of benzene rings is 3. The molecule has 0 spiro atoms. The Morgan fingerprint density at radius 1 is 0.914 bits per heavy atom. The Morgan fingerprint density at radius 3 is 2.23 bits per heavy atom. The topological polar surface area (TPSA) is 108 Å². The molecule has 4 N–H and O–H groups in total. The normalized spacial score (nSPS) is 10.8. The van der Waals surface area contributed by atoms with Gasteiger partial charge in [-0.05, 0) is 79.6 Å². The van der Waals surface area contributed by atoms with Gasteiger partial charge in [-0.3, -0.25) is 0 Å². The average molecular weight is 474 g/mol. The molecule has 0 saturated carbocycles. The van der Waals surface area contributed by atoms with E-state index in [0.717, 1.165) is 29.9 Å². The number of anilines is 3. The van der Waals surface area contributed by atoms with Gasteiger partial charge in [0, 0.05) is 42.6 Å². The lowest BCUT2D eigenvalue weighted by atomic mass is 10.1. The van der Waals surface area contributed by atoms with E-state index in [1.165, 1.54) is 6.08 Å². The SMILES string of the molecule is CCN(CC)c1ccc(C(=O)Oc2ccc(C=CC(=O)OCCc3ccc(N)cc3N)cc2)cc1. The van der Waals surface area contributed by atoms with Gasteiger partial charge in [0.15, 0.2) is 0 Å². The van der Waals surface area contributed by atoms with Gasteiger partial charge in [0.25, 0.3) is 0 Å². The number of hydrogen-bond donors (Lipinski definition) is 2. The molecule has 0 heterocycles. The molecule has 0 saturated heterocycles. The van der Waals surface area contributed by atoms with Crippen LogP contribution >= 0.6 is 0 Å². The van der Waals surface area contributed by atoms with Gasteiger partial charge in [0.05, 0.1) is 12.2 Å². The second kappa shape index (κ2) is 12.3. The van der Waals surface area contributed by atoms with Gasteiger partial charge in [0.2, 0.25) is 0 Å². The van der Waals surface area contributed by atoms with Crippen LogP contribution in [0.25, 0.3) is 6.08 Å². The van der Waals surface area contributed by atoms with E-state index in [2.05, 4.69) is 18.7 Å². The summed E-state index contributed by atoms with van der Waals surface area (Å²) < 4.78 is 10.7. The van der Waals surface area contributed by atoms with Crippen LogP contribution < -0.4 is 21.1 Å². The Labute approximate surface area is 205 Å². The first-order valence-electron chi connectivity index (χ1n) is 11.6. The predicted octanol–water partition coefficient (Wildman–Crippen LogP) is 4.72. The Balaban J connectivity index is 1.48. The van der Waals surface area contributed by atoms with Crippen LogP contribution in [-0.4, -0.2) is 31.6 Å². The minimum absolute atomic E-state index is 0.210. The zero-order valence-corrected chi connectivity index (χ0v) is 20.1. The number of hydrogen-bond acceptors (Lipinski definition) is 7. The molecule has 0 amide bonds. The largest absolute Gasteiger partial charge is 0.462 e. The highest BCUT2D eigenvalue weighted by atomic mass is 16.5. The lowest BCUT2D eigenvalue weighted by Crippen LogP contribution is -2.21. The van der Waals surface area contributed by atoms with Crippen molar-refractivity contribution in [3.8, 4) is 5.75 Å². The van der Waals surface area contributed by atoms with Gasteiger partial charge in [-0.2, -0.15) is 0 Å². The highest BCUT2D eigenvalue weighted by Crippen LogP contribution is 2.19. The molecule has 0 radical (unpaired) electrons. The van der Waals surface area contributed by atoms with E-state index in [9.17, 15) is 9.59 Å². The van der Waals surface area contributed by atoms with Crippen LogP contribution in [-0.2, 0) is 16.0 Å². The average Bonchev–Trinajstić information content (AvgIpc) is 2.86. The second-order valence-electron chi connectivity index (χ2n) is 7.89. The fourth-order valence-electron chi connectivity index (χ4n) is 3.53. The van der Waals surface area contributed by atoms with Crippen molar-refractivity contribution >= 4 is 35.1 Å². The third-order valence-electron chi connectivity index (χ3n) is 5.52. The molecule has 0 unspecified atom stereocenters. The summed E-state index contributed by atoms with van der Waals surface area (Å²) in [5.41, 5.74) is 16.0. The smallest absolute Gasteiger partial charge is 0.343 e. The van der Waals surface area contributed by atoms with Crippen LogP contribution in [0.15, 0.2) is 72.8 Å². The van der Waals surface area contributed by atoms with Gasteiger partial charge in [-0.25, -0.2) is 9.59 Å². The maximum Gasteiger partial charge on any atom is 0.343 e. The van der Waals surface area contributed by atoms with E-state index in [4.69, 9.17) is 20.9 Å². The molecule has 0 fully saturated rings. The number of carbonyl (C=O) groups excluding carboxylic acids is 2. The monoisotopic (exact) mass is 473 g/mol. The maximum absolute atomic E-state index is 12.4. The van der Waals surface area contributed by atoms with Gasteiger partial charge in [0.1, 0.15) is 5.75 Å². The minimum atomic E-state index is -0.456. The lowest BCUT2D eigenvalue weighted by Gasteiger charge is -2.20. The quantitative estimate of drug-likeness (QED) is 0.190. The molecule has 0 aliphatic rings. The van der Waals surface area contributed by atoms with Crippen molar-refractivity contribution in [2.45, 2.75) is 20.3 Å². The van der Waals surface area contributed by atoms with Crippen molar-refractivity contribution in [1.82, 2.24) is 0 Å². The van der Waals surface area contributed by atoms with Crippen molar-refractivity contribution < 1.29 is 19.1 Å². The summed E-state index contributed by atoms with van der Waals surface area (Å²) in [6, 6.07) is 19.5. The van der Waals surface area contributed by atoms with Crippen molar-refractivity contribution in [3.05, 3.63) is 89.5 Å².